The highest BCUT2D eigenvalue weighted by atomic mass is 79.9. The van der Waals surface area contributed by atoms with Gasteiger partial charge < -0.3 is 10.3 Å². The number of anilines is 1. The van der Waals surface area contributed by atoms with E-state index in [1.165, 1.54) is 12.8 Å². The molecule has 0 radical (unpaired) electrons. The van der Waals surface area contributed by atoms with Crippen LogP contribution in [-0.2, 0) is 6.54 Å². The van der Waals surface area contributed by atoms with Gasteiger partial charge in [0.05, 0.1) is 6.54 Å². The molecule has 102 valence electrons. The summed E-state index contributed by atoms with van der Waals surface area (Å²) in [7, 11) is 0. The maximum absolute atomic E-state index is 6.25. The van der Waals surface area contributed by atoms with Crippen LogP contribution in [0.3, 0.4) is 0 Å². The molecule has 0 spiro atoms. The second kappa shape index (κ2) is 5.27. The molecular formula is C15H13Br2N3. The van der Waals surface area contributed by atoms with E-state index in [4.69, 9.17) is 17.1 Å². The molecular weight excluding hydrogens is 382 g/mol. The first-order chi connectivity index (χ1) is 9.61. The molecule has 3 rings (SSSR count). The van der Waals surface area contributed by atoms with Gasteiger partial charge >= 0.3 is 0 Å². The van der Waals surface area contributed by atoms with Crippen molar-refractivity contribution in [2.24, 2.45) is 0 Å². The molecule has 1 aromatic carbocycles. The minimum absolute atomic E-state index is 0.475. The molecule has 0 atom stereocenters. The Morgan fingerprint density at radius 2 is 2.10 bits per heavy atom. The molecule has 1 aliphatic carbocycles. The van der Waals surface area contributed by atoms with Gasteiger partial charge in [0, 0.05) is 20.4 Å². The third-order valence-corrected chi connectivity index (χ3v) is 5.30. The number of rotatable bonds is 3. The zero-order chi connectivity index (χ0) is 14.3. The van der Waals surface area contributed by atoms with Gasteiger partial charge in [-0.1, -0.05) is 12.0 Å². The lowest BCUT2D eigenvalue weighted by Gasteiger charge is -2.05. The van der Waals surface area contributed by atoms with E-state index in [0.29, 0.717) is 18.3 Å². The molecule has 1 aliphatic rings. The Bertz CT molecular complexity index is 709. The molecule has 3 nitrogen and oxygen atoms in total. The van der Waals surface area contributed by atoms with E-state index in [1.807, 2.05) is 22.8 Å². The molecule has 0 amide bonds. The fraction of sp³-hybridized carbons (Fsp3) is 0.267. The fourth-order valence-electron chi connectivity index (χ4n) is 2.25. The molecule has 20 heavy (non-hydrogen) atoms. The highest BCUT2D eigenvalue weighted by molar-refractivity contribution is 9.13. The zero-order valence-electron chi connectivity index (χ0n) is 10.7. The normalized spacial score (nSPS) is 14.2. The Hall–Kier alpha value is -1.25. The monoisotopic (exact) mass is 393 g/mol. The van der Waals surface area contributed by atoms with Crippen LogP contribution in [-0.4, -0.2) is 9.55 Å². The average Bonchev–Trinajstić information content (AvgIpc) is 3.21. The minimum Gasteiger partial charge on any atom is -0.383 e. The summed E-state index contributed by atoms with van der Waals surface area (Å²) < 4.78 is 3.95. The highest BCUT2D eigenvalue weighted by Gasteiger charge is 2.30. The number of imidazole rings is 1. The molecule has 0 bridgehead atoms. The first-order valence-electron chi connectivity index (χ1n) is 6.36. The van der Waals surface area contributed by atoms with E-state index in [0.717, 1.165) is 26.0 Å². The fourth-order valence-corrected chi connectivity index (χ4v) is 2.88. The Kier molecular flexibility index (Phi) is 3.61. The van der Waals surface area contributed by atoms with Gasteiger partial charge in [-0.05, 0) is 56.8 Å². The van der Waals surface area contributed by atoms with Crippen LogP contribution in [0, 0.1) is 12.3 Å². The van der Waals surface area contributed by atoms with Crippen molar-refractivity contribution in [3.63, 3.8) is 0 Å². The van der Waals surface area contributed by atoms with Crippen molar-refractivity contribution in [2.75, 3.05) is 5.73 Å². The minimum atomic E-state index is 0.475. The summed E-state index contributed by atoms with van der Waals surface area (Å²) in [6.07, 6.45) is 7.79. The van der Waals surface area contributed by atoms with Crippen molar-refractivity contribution in [3.8, 4) is 23.6 Å². The van der Waals surface area contributed by atoms with Gasteiger partial charge in [0.15, 0.2) is 0 Å². The Labute approximate surface area is 134 Å². The lowest BCUT2D eigenvalue weighted by molar-refractivity contribution is 0.762. The van der Waals surface area contributed by atoms with Gasteiger partial charge in [-0.25, -0.2) is 4.98 Å². The maximum atomic E-state index is 6.25. The van der Waals surface area contributed by atoms with Crippen molar-refractivity contribution in [2.45, 2.75) is 25.3 Å². The molecule has 2 N–H and O–H groups in total. The number of hydrogen-bond acceptors (Lipinski definition) is 2. The van der Waals surface area contributed by atoms with Crippen LogP contribution < -0.4 is 5.73 Å². The highest BCUT2D eigenvalue weighted by Crippen LogP contribution is 2.42. The van der Waals surface area contributed by atoms with E-state index in [9.17, 15) is 0 Å². The predicted octanol–water partition coefficient (Wildman–Crippen LogP) is 4.17. The van der Waals surface area contributed by atoms with Crippen LogP contribution in [0.1, 0.15) is 24.6 Å². The quantitative estimate of drug-likeness (QED) is 0.794. The third-order valence-electron chi connectivity index (χ3n) is 3.42. The zero-order valence-corrected chi connectivity index (χ0v) is 13.9. The van der Waals surface area contributed by atoms with Crippen LogP contribution in [0.15, 0.2) is 27.1 Å². The lowest BCUT2D eigenvalue weighted by Crippen LogP contribution is -2.05. The summed E-state index contributed by atoms with van der Waals surface area (Å²) in [6, 6.07) is 6.00. The molecule has 0 saturated heterocycles. The molecule has 1 aromatic heterocycles. The van der Waals surface area contributed by atoms with Gasteiger partial charge in [-0.15, -0.1) is 6.42 Å². The summed E-state index contributed by atoms with van der Waals surface area (Å²) in [5.74, 6) is 4.85. The summed E-state index contributed by atoms with van der Waals surface area (Å²) in [6.45, 7) is 0.475. The number of nitrogen functional groups attached to an aromatic ring is 1. The van der Waals surface area contributed by atoms with E-state index >= 15 is 0 Å². The number of nitrogens with zero attached hydrogens (tertiary/aromatic N) is 2. The van der Waals surface area contributed by atoms with E-state index in [1.54, 1.807) is 0 Å². The number of halogens is 2. The number of terminal acetylenes is 1. The molecule has 1 fully saturated rings. The summed E-state index contributed by atoms with van der Waals surface area (Å²) in [5.41, 5.74) is 8.06. The van der Waals surface area contributed by atoms with Crippen LogP contribution in [0.4, 0.5) is 5.82 Å². The number of benzene rings is 1. The topological polar surface area (TPSA) is 43.8 Å². The van der Waals surface area contributed by atoms with Crippen LogP contribution in [0.25, 0.3) is 11.3 Å². The van der Waals surface area contributed by atoms with Crippen molar-refractivity contribution in [1.82, 2.24) is 9.55 Å². The average molecular weight is 395 g/mol. The largest absolute Gasteiger partial charge is 0.383 e. The van der Waals surface area contributed by atoms with Gasteiger partial charge in [0.25, 0.3) is 0 Å². The first kappa shape index (κ1) is 13.7. The van der Waals surface area contributed by atoms with Crippen LogP contribution in [0.5, 0.6) is 0 Å². The Morgan fingerprint density at radius 3 is 2.70 bits per heavy atom. The molecule has 5 heteroatoms. The summed E-state index contributed by atoms with van der Waals surface area (Å²) >= 11 is 6.98. The summed E-state index contributed by atoms with van der Waals surface area (Å²) in [5, 5.41) is 0. The SMILES string of the molecule is C#CCn1c(C2CC2)nc(-c2ccc(Br)c(Br)c2)c1N. The second-order valence-electron chi connectivity index (χ2n) is 4.90. The van der Waals surface area contributed by atoms with E-state index in [2.05, 4.69) is 37.8 Å². The maximum Gasteiger partial charge on any atom is 0.132 e. The Balaban J connectivity index is 2.11. The smallest absolute Gasteiger partial charge is 0.132 e. The van der Waals surface area contributed by atoms with Crippen LogP contribution in [0.2, 0.25) is 0 Å². The number of hydrogen-bond donors (Lipinski definition) is 1. The van der Waals surface area contributed by atoms with Gasteiger partial charge in [-0.2, -0.15) is 0 Å². The number of nitrogens with two attached hydrogens (primary N) is 1. The third kappa shape index (κ3) is 2.38. The molecule has 2 aromatic rings. The number of aromatic nitrogens is 2. The second-order valence-corrected chi connectivity index (χ2v) is 6.61. The van der Waals surface area contributed by atoms with Crippen molar-refractivity contribution in [1.29, 1.82) is 0 Å². The van der Waals surface area contributed by atoms with Crippen molar-refractivity contribution >= 4 is 37.7 Å². The first-order valence-corrected chi connectivity index (χ1v) is 7.95. The van der Waals surface area contributed by atoms with Crippen molar-refractivity contribution in [3.05, 3.63) is 33.0 Å². The Morgan fingerprint density at radius 1 is 1.35 bits per heavy atom. The van der Waals surface area contributed by atoms with Crippen molar-refractivity contribution < 1.29 is 0 Å². The molecule has 0 aliphatic heterocycles. The molecule has 1 saturated carbocycles. The van der Waals surface area contributed by atoms with Gasteiger partial charge in [0.1, 0.15) is 17.3 Å². The standard InChI is InChI=1S/C15H13Br2N3/c1-2-7-20-14(18)13(19-15(20)9-3-4-9)10-5-6-11(16)12(17)8-10/h1,5-6,8-9H,3-4,7,18H2. The van der Waals surface area contributed by atoms with Gasteiger partial charge in [0.2, 0.25) is 0 Å². The van der Waals surface area contributed by atoms with Gasteiger partial charge in [-0.3, -0.25) is 0 Å². The summed E-state index contributed by atoms with van der Waals surface area (Å²) in [4.78, 5) is 4.74. The molecule has 1 heterocycles. The predicted molar refractivity (Wildman–Crippen MR) is 88.3 cm³/mol. The van der Waals surface area contributed by atoms with E-state index in [-0.39, 0.29) is 0 Å². The molecule has 0 unspecified atom stereocenters. The van der Waals surface area contributed by atoms with Crippen LogP contribution >= 0.6 is 31.9 Å². The van der Waals surface area contributed by atoms with E-state index < -0.39 is 0 Å². The lowest BCUT2D eigenvalue weighted by atomic mass is 10.1.